The molecule has 2 unspecified atom stereocenters. The molecule has 0 aliphatic carbocycles. The second-order valence-electron chi connectivity index (χ2n) is 8.05. The Balaban J connectivity index is 0.00000320. The lowest BCUT2D eigenvalue weighted by Gasteiger charge is -2.36. The number of amides is 1. The van der Waals surface area contributed by atoms with Crippen LogP contribution in [0.1, 0.15) is 25.3 Å². The van der Waals surface area contributed by atoms with E-state index in [0.29, 0.717) is 6.04 Å². The molecule has 0 bridgehead atoms. The number of aliphatic imine (C=N–C) groups is 1. The summed E-state index contributed by atoms with van der Waals surface area (Å²) >= 11 is 0. The van der Waals surface area contributed by atoms with Crippen molar-refractivity contribution < 1.29 is 9.53 Å². The molecule has 1 aromatic carbocycles. The van der Waals surface area contributed by atoms with Crippen molar-refractivity contribution >= 4 is 35.8 Å². The van der Waals surface area contributed by atoms with Crippen LogP contribution in [0.15, 0.2) is 35.3 Å². The van der Waals surface area contributed by atoms with Crippen molar-refractivity contribution in [3.63, 3.8) is 0 Å². The van der Waals surface area contributed by atoms with Gasteiger partial charge in [-0.05, 0) is 12.0 Å². The quantitative estimate of drug-likeness (QED) is 0.254. The number of rotatable bonds is 7. The lowest BCUT2D eigenvalue weighted by atomic mass is 10.1. The average Bonchev–Trinajstić information content (AvgIpc) is 3.16. The maximum absolute atomic E-state index is 12.0. The van der Waals surface area contributed by atoms with Crippen molar-refractivity contribution in [2.45, 2.75) is 38.5 Å². The van der Waals surface area contributed by atoms with Crippen LogP contribution < -0.4 is 5.32 Å². The second-order valence-corrected chi connectivity index (χ2v) is 8.05. The zero-order valence-electron chi connectivity index (χ0n) is 18.4. The van der Waals surface area contributed by atoms with Gasteiger partial charge in [-0.2, -0.15) is 0 Å². The Bertz CT molecular complexity index is 685. The molecule has 7 nitrogen and oxygen atoms in total. The van der Waals surface area contributed by atoms with Gasteiger partial charge in [-0.1, -0.05) is 43.7 Å². The van der Waals surface area contributed by atoms with Gasteiger partial charge < -0.3 is 19.9 Å². The van der Waals surface area contributed by atoms with Crippen LogP contribution in [0.3, 0.4) is 0 Å². The highest BCUT2D eigenvalue weighted by molar-refractivity contribution is 14.0. The molecule has 0 radical (unpaired) electrons. The Labute approximate surface area is 197 Å². The molecule has 2 fully saturated rings. The van der Waals surface area contributed by atoms with E-state index in [9.17, 15) is 4.79 Å². The number of carbonyl (C=O) groups is 1. The normalized spacial score (nSPS) is 21.7. The largest absolute Gasteiger partial charge is 0.373 e. The minimum absolute atomic E-state index is 0. The topological polar surface area (TPSA) is 60.4 Å². The van der Waals surface area contributed by atoms with Gasteiger partial charge >= 0.3 is 0 Å². The van der Waals surface area contributed by atoms with Crippen LogP contribution in [0.2, 0.25) is 0 Å². The van der Waals surface area contributed by atoms with Crippen molar-refractivity contribution in [3.05, 3.63) is 35.9 Å². The molecule has 1 aromatic rings. The zero-order valence-corrected chi connectivity index (χ0v) is 20.7. The number of ether oxygens (including phenoxy) is 1. The Morgan fingerprint density at radius 3 is 2.73 bits per heavy atom. The van der Waals surface area contributed by atoms with Gasteiger partial charge in [0.1, 0.15) is 6.54 Å². The summed E-state index contributed by atoms with van der Waals surface area (Å²) in [5.74, 6) is 0.838. The van der Waals surface area contributed by atoms with Gasteiger partial charge in [-0.25, -0.2) is 4.99 Å². The van der Waals surface area contributed by atoms with Crippen molar-refractivity contribution in [1.82, 2.24) is 20.0 Å². The summed E-state index contributed by atoms with van der Waals surface area (Å²) in [7, 11) is 3.53. The van der Waals surface area contributed by atoms with Gasteiger partial charge in [0.15, 0.2) is 5.96 Å². The molecule has 3 rings (SSSR count). The minimum atomic E-state index is 0. The summed E-state index contributed by atoms with van der Waals surface area (Å²) in [6.07, 6.45) is 2.38. The summed E-state index contributed by atoms with van der Waals surface area (Å²) in [5, 5.41) is 3.46. The fourth-order valence-corrected chi connectivity index (χ4v) is 3.87. The maximum Gasteiger partial charge on any atom is 0.243 e. The molecule has 2 saturated heterocycles. The molecule has 1 N–H and O–H groups in total. The first kappa shape index (κ1) is 24.9. The van der Waals surface area contributed by atoms with Crippen LogP contribution in [-0.2, 0) is 16.1 Å². The Morgan fingerprint density at radius 2 is 2.03 bits per heavy atom. The van der Waals surface area contributed by atoms with Gasteiger partial charge in [0, 0.05) is 46.8 Å². The van der Waals surface area contributed by atoms with E-state index in [1.807, 2.05) is 0 Å². The molecule has 0 spiro atoms. The number of hydrogen-bond donors (Lipinski definition) is 1. The lowest BCUT2D eigenvalue weighted by molar-refractivity contribution is -0.127. The summed E-state index contributed by atoms with van der Waals surface area (Å²) in [4.78, 5) is 23.0. The number of hydrogen-bond acceptors (Lipinski definition) is 4. The number of benzene rings is 1. The van der Waals surface area contributed by atoms with Gasteiger partial charge in [-0.3, -0.25) is 9.69 Å². The van der Waals surface area contributed by atoms with Crippen molar-refractivity contribution in [2.75, 3.05) is 53.4 Å². The molecule has 2 aliphatic heterocycles. The Hall–Kier alpha value is -1.39. The fourth-order valence-electron chi connectivity index (χ4n) is 3.87. The number of morpholine rings is 1. The van der Waals surface area contributed by atoms with E-state index in [-0.39, 0.29) is 42.5 Å². The molecule has 30 heavy (non-hydrogen) atoms. The molecule has 2 aliphatic rings. The number of fused-ring (bicyclic) bond motifs is 1. The Morgan fingerprint density at radius 1 is 1.27 bits per heavy atom. The number of guanidine groups is 1. The molecule has 2 heterocycles. The summed E-state index contributed by atoms with van der Waals surface area (Å²) in [6, 6.07) is 11.0. The zero-order chi connectivity index (χ0) is 20.6. The van der Waals surface area contributed by atoms with E-state index < -0.39 is 0 Å². The number of nitrogens with one attached hydrogen (secondary N) is 1. The molecule has 1 amide bonds. The van der Waals surface area contributed by atoms with Gasteiger partial charge in [-0.15, -0.1) is 24.0 Å². The first-order valence-corrected chi connectivity index (χ1v) is 10.7. The first-order chi connectivity index (χ1) is 14.1. The standard InChI is InChI=1S/C22H35N5O2.HI/c1-4-5-11-23-22(24-14-21(28)25(2)3)27-16-19-20(17-27)29-13-12-26(19)15-18-9-7-6-8-10-18;/h6-10,19-20H,4-5,11-17H2,1-3H3,(H,23,24);1H. The average molecular weight is 529 g/mol. The summed E-state index contributed by atoms with van der Waals surface area (Å²) in [5.41, 5.74) is 1.33. The predicted molar refractivity (Wildman–Crippen MR) is 131 cm³/mol. The summed E-state index contributed by atoms with van der Waals surface area (Å²) < 4.78 is 6.10. The number of carbonyl (C=O) groups excluding carboxylic acids is 1. The predicted octanol–water partition coefficient (Wildman–Crippen LogP) is 2.02. The van der Waals surface area contributed by atoms with E-state index in [0.717, 1.165) is 58.1 Å². The molecule has 0 saturated carbocycles. The van der Waals surface area contributed by atoms with E-state index >= 15 is 0 Å². The third-order valence-corrected chi connectivity index (χ3v) is 5.62. The number of likely N-dealkylation sites (tertiary alicyclic amines) is 1. The van der Waals surface area contributed by atoms with Gasteiger partial charge in [0.2, 0.25) is 5.91 Å². The molecular formula is C22H36IN5O2. The van der Waals surface area contributed by atoms with E-state index in [4.69, 9.17) is 4.74 Å². The summed E-state index contributed by atoms with van der Waals surface area (Å²) in [6.45, 7) is 7.53. The number of nitrogens with zero attached hydrogens (tertiary/aromatic N) is 4. The van der Waals surface area contributed by atoms with E-state index in [1.54, 1.807) is 19.0 Å². The SMILES string of the molecule is CCCCNC(=NCC(=O)N(C)C)N1CC2OCCN(Cc3ccccc3)C2C1.I. The van der Waals surface area contributed by atoms with Crippen LogP contribution in [0, 0.1) is 0 Å². The molecule has 0 aromatic heterocycles. The van der Waals surface area contributed by atoms with Crippen LogP contribution in [0.25, 0.3) is 0 Å². The maximum atomic E-state index is 12.0. The third-order valence-electron chi connectivity index (χ3n) is 5.62. The highest BCUT2D eigenvalue weighted by Crippen LogP contribution is 2.24. The lowest BCUT2D eigenvalue weighted by Crippen LogP contribution is -2.50. The smallest absolute Gasteiger partial charge is 0.243 e. The van der Waals surface area contributed by atoms with Crippen molar-refractivity contribution in [2.24, 2.45) is 4.99 Å². The first-order valence-electron chi connectivity index (χ1n) is 10.7. The number of halogens is 1. The highest BCUT2D eigenvalue weighted by Gasteiger charge is 2.41. The van der Waals surface area contributed by atoms with E-state index in [1.165, 1.54) is 5.56 Å². The number of likely N-dealkylation sites (N-methyl/N-ethyl adjacent to an activating group) is 1. The molecule has 2 atom stereocenters. The van der Waals surface area contributed by atoms with Crippen LogP contribution in [-0.4, -0.2) is 92.1 Å². The van der Waals surface area contributed by atoms with Crippen LogP contribution >= 0.6 is 24.0 Å². The van der Waals surface area contributed by atoms with Gasteiger partial charge in [0.05, 0.1) is 18.8 Å². The number of unbranched alkanes of at least 4 members (excludes halogenated alkanes) is 1. The third kappa shape index (κ3) is 6.81. The minimum Gasteiger partial charge on any atom is -0.373 e. The second kappa shape index (κ2) is 12.5. The molecular weight excluding hydrogens is 493 g/mol. The van der Waals surface area contributed by atoms with E-state index in [2.05, 4.69) is 57.4 Å². The highest BCUT2D eigenvalue weighted by atomic mass is 127. The Kier molecular flexibility index (Phi) is 10.3. The molecule has 168 valence electrons. The van der Waals surface area contributed by atoms with Crippen LogP contribution in [0.5, 0.6) is 0 Å². The monoisotopic (exact) mass is 529 g/mol. The van der Waals surface area contributed by atoms with Gasteiger partial charge in [0.25, 0.3) is 0 Å². The van der Waals surface area contributed by atoms with Crippen LogP contribution in [0.4, 0.5) is 0 Å². The fraction of sp³-hybridized carbons (Fsp3) is 0.636. The van der Waals surface area contributed by atoms with Crippen molar-refractivity contribution in [1.29, 1.82) is 0 Å². The molecule has 8 heteroatoms. The van der Waals surface area contributed by atoms with Crippen molar-refractivity contribution in [3.8, 4) is 0 Å².